The number of dihydropyridines is 1. The van der Waals surface area contributed by atoms with Crippen LogP contribution in [0.5, 0.6) is 0 Å². The van der Waals surface area contributed by atoms with Crippen LogP contribution in [0.2, 0.25) is 0 Å². The lowest BCUT2D eigenvalue weighted by Crippen LogP contribution is -2.22. The molecule has 6 heteroatoms. The molecule has 1 aliphatic heterocycles. The SMILES string of the molecule is CC.CCCC(=O)O.CNC(C)/C(C)=C\C(=C/CCCC(C)C=C1C=CNC=C1)c1nc2ccccc2[nH]1. The van der Waals surface area contributed by atoms with Crippen molar-refractivity contribution in [3.8, 4) is 0 Å². The number of carboxylic acids is 1. The lowest BCUT2D eigenvalue weighted by atomic mass is 9.99. The number of fused-ring (bicyclic) bond motifs is 1. The number of para-hydroxylation sites is 2. The Morgan fingerprint density at radius 2 is 1.84 bits per heavy atom. The molecule has 38 heavy (non-hydrogen) atoms. The Morgan fingerprint density at radius 3 is 2.42 bits per heavy atom. The topological polar surface area (TPSA) is 90.0 Å². The van der Waals surface area contributed by atoms with Crippen LogP contribution in [0.3, 0.4) is 0 Å². The van der Waals surface area contributed by atoms with Gasteiger partial charge in [0.05, 0.1) is 11.0 Å². The fourth-order valence-corrected chi connectivity index (χ4v) is 3.75. The van der Waals surface area contributed by atoms with Crippen LogP contribution < -0.4 is 10.6 Å². The normalized spacial score (nSPS) is 14.6. The summed E-state index contributed by atoms with van der Waals surface area (Å²) in [4.78, 5) is 17.9. The first-order valence-electron chi connectivity index (χ1n) is 13.9. The third kappa shape index (κ3) is 12.2. The number of unbranched alkanes of at least 4 members (excludes halogenated alkanes) is 1. The molecule has 208 valence electrons. The van der Waals surface area contributed by atoms with E-state index < -0.39 is 5.97 Å². The maximum absolute atomic E-state index is 9.60. The number of carboxylic acid groups (broad SMARTS) is 1. The maximum atomic E-state index is 9.60. The Labute approximate surface area is 229 Å². The van der Waals surface area contributed by atoms with Gasteiger partial charge < -0.3 is 20.7 Å². The fourth-order valence-electron chi connectivity index (χ4n) is 3.75. The van der Waals surface area contributed by atoms with Gasteiger partial charge in [-0.15, -0.1) is 0 Å². The van der Waals surface area contributed by atoms with Crippen molar-refractivity contribution in [2.45, 2.75) is 79.7 Å². The molecule has 2 heterocycles. The monoisotopic (exact) mass is 520 g/mol. The minimum Gasteiger partial charge on any atom is -0.481 e. The summed E-state index contributed by atoms with van der Waals surface area (Å²) in [5.74, 6) is 0.786. The van der Waals surface area contributed by atoms with Crippen molar-refractivity contribution in [3.63, 3.8) is 0 Å². The molecule has 0 radical (unpaired) electrons. The number of aromatic nitrogens is 2. The van der Waals surface area contributed by atoms with Gasteiger partial charge in [-0.1, -0.05) is 63.6 Å². The van der Waals surface area contributed by atoms with Gasteiger partial charge in [-0.05, 0) is 82.4 Å². The number of aromatic amines is 1. The van der Waals surface area contributed by atoms with Crippen LogP contribution in [0.4, 0.5) is 0 Å². The molecule has 1 aromatic heterocycles. The van der Waals surface area contributed by atoms with E-state index in [-0.39, 0.29) is 0 Å². The molecule has 0 spiro atoms. The minimum atomic E-state index is -0.711. The molecule has 0 fully saturated rings. The van der Waals surface area contributed by atoms with Gasteiger partial charge in [-0.3, -0.25) is 4.79 Å². The van der Waals surface area contributed by atoms with Gasteiger partial charge in [0.25, 0.3) is 0 Å². The van der Waals surface area contributed by atoms with Crippen molar-refractivity contribution in [1.29, 1.82) is 0 Å². The number of allylic oxidation sites excluding steroid dienone is 7. The summed E-state index contributed by atoms with van der Waals surface area (Å²) in [5, 5.41) is 14.3. The van der Waals surface area contributed by atoms with Crippen LogP contribution in [-0.4, -0.2) is 34.1 Å². The zero-order chi connectivity index (χ0) is 28.3. The molecule has 2 aromatic rings. The second-order valence-corrected chi connectivity index (χ2v) is 9.21. The minimum absolute atomic E-state index is 0.292. The van der Waals surface area contributed by atoms with Crippen molar-refractivity contribution in [1.82, 2.24) is 20.6 Å². The molecule has 0 saturated heterocycles. The molecule has 0 bridgehead atoms. The van der Waals surface area contributed by atoms with Gasteiger partial charge in [-0.25, -0.2) is 4.98 Å². The number of nitrogens with one attached hydrogen (secondary N) is 3. The van der Waals surface area contributed by atoms with E-state index in [0.29, 0.717) is 18.4 Å². The first kappa shape index (κ1) is 32.6. The Morgan fingerprint density at radius 1 is 1.16 bits per heavy atom. The number of aliphatic carboxylic acids is 1. The first-order chi connectivity index (χ1) is 18.3. The number of rotatable bonds is 11. The number of H-pyrrole nitrogens is 1. The quantitative estimate of drug-likeness (QED) is 0.180. The van der Waals surface area contributed by atoms with Crippen LogP contribution >= 0.6 is 0 Å². The lowest BCUT2D eigenvalue weighted by molar-refractivity contribution is -0.137. The lowest BCUT2D eigenvalue weighted by Gasteiger charge is -2.12. The van der Waals surface area contributed by atoms with Crippen LogP contribution in [-0.2, 0) is 4.79 Å². The Bertz CT molecular complexity index is 1070. The molecule has 3 rings (SSSR count). The highest BCUT2D eigenvalue weighted by Gasteiger charge is 2.09. The summed E-state index contributed by atoms with van der Waals surface area (Å²) >= 11 is 0. The molecule has 0 aliphatic carbocycles. The first-order valence-corrected chi connectivity index (χ1v) is 13.9. The van der Waals surface area contributed by atoms with Gasteiger partial charge in [0.15, 0.2) is 0 Å². The Kier molecular flexibility index (Phi) is 16.2. The Balaban J connectivity index is 0.000000795. The molecule has 2 atom stereocenters. The highest BCUT2D eigenvalue weighted by molar-refractivity contribution is 5.81. The third-order valence-corrected chi connectivity index (χ3v) is 6.07. The summed E-state index contributed by atoms with van der Waals surface area (Å²) in [6, 6.07) is 8.53. The second kappa shape index (κ2) is 18.8. The summed E-state index contributed by atoms with van der Waals surface area (Å²) < 4.78 is 0. The van der Waals surface area contributed by atoms with Crippen molar-refractivity contribution < 1.29 is 9.90 Å². The van der Waals surface area contributed by atoms with Gasteiger partial charge in [-0.2, -0.15) is 0 Å². The zero-order valence-corrected chi connectivity index (χ0v) is 24.3. The number of benzene rings is 1. The van der Waals surface area contributed by atoms with Crippen LogP contribution in [0.1, 0.15) is 79.5 Å². The molecule has 0 saturated carbocycles. The van der Waals surface area contributed by atoms with Crippen molar-refractivity contribution in [2.24, 2.45) is 5.92 Å². The van der Waals surface area contributed by atoms with E-state index in [0.717, 1.165) is 42.5 Å². The molecule has 6 nitrogen and oxygen atoms in total. The highest BCUT2D eigenvalue weighted by Crippen LogP contribution is 2.22. The molecule has 1 aliphatic rings. The summed E-state index contributed by atoms with van der Waals surface area (Å²) in [5.41, 5.74) is 5.83. The van der Waals surface area contributed by atoms with E-state index in [4.69, 9.17) is 10.1 Å². The van der Waals surface area contributed by atoms with Crippen molar-refractivity contribution >= 4 is 22.6 Å². The molecule has 4 N–H and O–H groups in total. The van der Waals surface area contributed by atoms with E-state index in [9.17, 15) is 4.79 Å². The summed E-state index contributed by atoms with van der Waals surface area (Å²) in [6.45, 7) is 12.5. The van der Waals surface area contributed by atoms with Crippen molar-refractivity contribution in [3.05, 3.63) is 84.0 Å². The number of nitrogens with zero attached hydrogens (tertiary/aromatic N) is 1. The highest BCUT2D eigenvalue weighted by atomic mass is 16.4. The predicted octanol–water partition coefficient (Wildman–Crippen LogP) is 7.76. The zero-order valence-electron chi connectivity index (χ0n) is 24.3. The smallest absolute Gasteiger partial charge is 0.303 e. The second-order valence-electron chi connectivity index (χ2n) is 9.21. The van der Waals surface area contributed by atoms with Crippen LogP contribution in [0.15, 0.2) is 78.2 Å². The maximum Gasteiger partial charge on any atom is 0.303 e. The molecule has 1 aromatic carbocycles. The molecule has 2 unspecified atom stereocenters. The van der Waals surface area contributed by atoms with Gasteiger partial charge >= 0.3 is 5.97 Å². The number of hydrogen-bond donors (Lipinski definition) is 4. The van der Waals surface area contributed by atoms with E-state index in [1.54, 1.807) is 0 Å². The summed E-state index contributed by atoms with van der Waals surface area (Å²) in [6.07, 6.45) is 19.5. The average molecular weight is 521 g/mol. The Hall–Kier alpha value is -3.38. The standard InChI is InChI=1S/C26H34N4.C4H8O2.C2H6/c1-19(17-22-13-15-28-16-14-22)9-5-6-10-23(18-20(2)21(3)27-4)26-29-24-11-7-8-12-25(24)30-26;1-2-3-4(5)6;1-2/h7-8,10-19,21,27-28H,5-6,9H2,1-4H3,(H,29,30);2-3H2,1H3,(H,5,6);1-2H3/b20-18-,23-10+;;. The van der Waals surface area contributed by atoms with E-state index >= 15 is 0 Å². The average Bonchev–Trinajstić information content (AvgIpc) is 3.36. The van der Waals surface area contributed by atoms with Gasteiger partial charge in [0.1, 0.15) is 5.82 Å². The van der Waals surface area contributed by atoms with Crippen LogP contribution in [0.25, 0.3) is 16.6 Å². The van der Waals surface area contributed by atoms with E-state index in [2.05, 4.69) is 78.9 Å². The number of carbonyl (C=O) groups is 1. The van der Waals surface area contributed by atoms with E-state index in [1.807, 2.05) is 52.4 Å². The molecular weight excluding hydrogens is 472 g/mol. The number of likely N-dealkylation sites (N-methyl/N-ethyl adjacent to an activating group) is 1. The molecule has 0 amide bonds. The third-order valence-electron chi connectivity index (χ3n) is 6.07. The predicted molar refractivity (Wildman–Crippen MR) is 163 cm³/mol. The number of imidazole rings is 1. The van der Waals surface area contributed by atoms with E-state index in [1.165, 1.54) is 16.7 Å². The summed E-state index contributed by atoms with van der Waals surface area (Å²) in [7, 11) is 2.00. The van der Waals surface area contributed by atoms with Gasteiger partial charge in [0.2, 0.25) is 0 Å². The fraction of sp³-hybridized carbons (Fsp3) is 0.438. The van der Waals surface area contributed by atoms with Gasteiger partial charge in [0, 0.05) is 30.4 Å². The van der Waals surface area contributed by atoms with Crippen LogP contribution in [0, 0.1) is 5.92 Å². The largest absolute Gasteiger partial charge is 0.481 e. The molecular formula is C32H48N4O2. The number of hydrogen-bond acceptors (Lipinski definition) is 4. The van der Waals surface area contributed by atoms with Crippen molar-refractivity contribution in [2.75, 3.05) is 7.05 Å².